The molecule has 0 saturated heterocycles. The van der Waals surface area contributed by atoms with Crippen LogP contribution < -0.4 is 10.6 Å². The zero-order valence-electron chi connectivity index (χ0n) is 18.3. The van der Waals surface area contributed by atoms with E-state index in [9.17, 15) is 9.59 Å². The fourth-order valence-electron chi connectivity index (χ4n) is 2.82. The Bertz CT molecular complexity index is 1360. The van der Waals surface area contributed by atoms with Crippen LogP contribution in [0.1, 0.15) is 18.7 Å². The zero-order valence-corrected chi connectivity index (χ0v) is 22.2. The molecule has 0 aliphatic rings. The van der Waals surface area contributed by atoms with E-state index >= 15 is 0 Å². The van der Waals surface area contributed by atoms with Gasteiger partial charge in [0, 0.05) is 41.3 Å². The van der Waals surface area contributed by atoms with E-state index in [1.165, 1.54) is 23.1 Å². The van der Waals surface area contributed by atoms with Crippen LogP contribution in [0.5, 0.6) is 0 Å². The summed E-state index contributed by atoms with van der Waals surface area (Å²) in [4.78, 5) is 28.7. The molecule has 4 aromatic rings. The van der Waals surface area contributed by atoms with Gasteiger partial charge in [-0.3, -0.25) is 9.59 Å². The second-order valence-corrected chi connectivity index (χ2v) is 10.8. The lowest BCUT2D eigenvalue weighted by Crippen LogP contribution is -2.12. The number of nitrogens with zero attached hydrogens (tertiary/aromatic N) is 4. The van der Waals surface area contributed by atoms with Gasteiger partial charge in [-0.15, -0.1) is 10.2 Å². The molecule has 0 unspecified atom stereocenters. The second-order valence-electron chi connectivity index (χ2n) is 7.22. The van der Waals surface area contributed by atoms with Crippen molar-refractivity contribution in [1.29, 1.82) is 0 Å². The van der Waals surface area contributed by atoms with E-state index in [2.05, 4.69) is 31.0 Å². The number of rotatable bonds is 10. The number of halogens is 3. The number of carbonyl (C=O) groups is 2. The molecule has 14 heteroatoms. The van der Waals surface area contributed by atoms with Gasteiger partial charge in [0.25, 0.3) is 0 Å². The van der Waals surface area contributed by atoms with E-state index < -0.39 is 0 Å². The molecule has 2 aromatic carbocycles. The molecule has 0 spiro atoms. The lowest BCUT2D eigenvalue weighted by Gasteiger charge is -2.05. The van der Waals surface area contributed by atoms with Gasteiger partial charge < -0.3 is 15.2 Å². The van der Waals surface area contributed by atoms with Gasteiger partial charge in [-0.2, -0.15) is 4.98 Å². The van der Waals surface area contributed by atoms with Crippen molar-refractivity contribution < 1.29 is 14.1 Å². The van der Waals surface area contributed by atoms with Gasteiger partial charge in [0.05, 0.1) is 10.0 Å². The standard InChI is InChI=1S/C22H17Cl3N6O3S2/c23-13-3-1-12(2-4-13)20-28-19(34-31-20)8-7-17(32)27-21-29-30-22(36-21)35-10-9-18(33)26-14-5-6-15(24)16(25)11-14/h1-6,11H,7-10H2,(H,26,33)(H,27,29,32). The van der Waals surface area contributed by atoms with Gasteiger partial charge in [-0.05, 0) is 42.5 Å². The van der Waals surface area contributed by atoms with Crippen LogP contribution in [-0.4, -0.2) is 37.9 Å². The number of aryl methyl sites for hydroxylation is 1. The van der Waals surface area contributed by atoms with E-state index in [0.717, 1.165) is 5.56 Å². The molecule has 2 N–H and O–H groups in total. The summed E-state index contributed by atoms with van der Waals surface area (Å²) in [6.45, 7) is 0. The number of amides is 2. The van der Waals surface area contributed by atoms with Gasteiger partial charge >= 0.3 is 0 Å². The molecule has 186 valence electrons. The number of carbonyl (C=O) groups excluding carboxylic acids is 2. The Morgan fingerprint density at radius 1 is 0.944 bits per heavy atom. The molecule has 2 heterocycles. The number of anilines is 2. The Balaban J connectivity index is 1.18. The van der Waals surface area contributed by atoms with Crippen LogP contribution in [0.15, 0.2) is 51.3 Å². The molecule has 2 aromatic heterocycles. The van der Waals surface area contributed by atoms with E-state index in [-0.39, 0.29) is 31.1 Å². The second kappa shape index (κ2) is 12.5. The summed E-state index contributed by atoms with van der Waals surface area (Å²) in [5.74, 6) is 0.846. The van der Waals surface area contributed by atoms with E-state index in [1.807, 2.05) is 0 Å². The van der Waals surface area contributed by atoms with Crippen LogP contribution in [0.2, 0.25) is 15.1 Å². The highest BCUT2D eigenvalue weighted by molar-refractivity contribution is 8.01. The largest absolute Gasteiger partial charge is 0.339 e. The van der Waals surface area contributed by atoms with Crippen molar-refractivity contribution in [1.82, 2.24) is 20.3 Å². The number of aromatic nitrogens is 4. The summed E-state index contributed by atoms with van der Waals surface area (Å²) in [6, 6.07) is 11.9. The third kappa shape index (κ3) is 7.65. The Kier molecular flexibility index (Phi) is 9.16. The molecular formula is C22H17Cl3N6O3S2. The maximum absolute atomic E-state index is 12.3. The molecule has 0 atom stereocenters. The first-order valence-corrected chi connectivity index (χ1v) is 13.4. The van der Waals surface area contributed by atoms with Crippen LogP contribution >= 0.6 is 57.9 Å². The summed E-state index contributed by atoms with van der Waals surface area (Å²) in [6.07, 6.45) is 0.675. The number of thioether (sulfide) groups is 1. The molecule has 0 bridgehead atoms. The molecule has 0 fully saturated rings. The SMILES string of the molecule is O=C(CCSc1nnc(NC(=O)CCc2nc(-c3ccc(Cl)cc3)no2)s1)Nc1ccc(Cl)c(Cl)c1. The summed E-state index contributed by atoms with van der Waals surface area (Å²) in [5.41, 5.74) is 1.34. The van der Waals surface area contributed by atoms with Crippen molar-refractivity contribution in [2.24, 2.45) is 0 Å². The average Bonchev–Trinajstić information content (AvgIpc) is 3.50. The van der Waals surface area contributed by atoms with Crippen molar-refractivity contribution in [3.05, 3.63) is 63.4 Å². The monoisotopic (exact) mass is 582 g/mol. The maximum Gasteiger partial charge on any atom is 0.227 e. The van der Waals surface area contributed by atoms with Crippen LogP contribution in [-0.2, 0) is 16.0 Å². The Labute approximate surface area is 228 Å². The summed E-state index contributed by atoms with van der Waals surface area (Å²) in [5, 5.41) is 19.2. The fourth-order valence-corrected chi connectivity index (χ4v) is 5.02. The van der Waals surface area contributed by atoms with Crippen molar-refractivity contribution in [2.75, 3.05) is 16.4 Å². The Morgan fingerprint density at radius 2 is 1.72 bits per heavy atom. The van der Waals surface area contributed by atoms with Crippen molar-refractivity contribution in [2.45, 2.75) is 23.6 Å². The van der Waals surface area contributed by atoms with E-state index in [4.69, 9.17) is 39.3 Å². The normalized spacial score (nSPS) is 10.9. The topological polar surface area (TPSA) is 123 Å². The van der Waals surface area contributed by atoms with Crippen molar-refractivity contribution in [3.8, 4) is 11.4 Å². The third-order valence-corrected chi connectivity index (χ3v) is 7.51. The number of nitrogens with one attached hydrogen (secondary N) is 2. The summed E-state index contributed by atoms with van der Waals surface area (Å²) >= 11 is 20.3. The van der Waals surface area contributed by atoms with Crippen LogP contribution in [0, 0.1) is 0 Å². The van der Waals surface area contributed by atoms with Gasteiger partial charge in [0.2, 0.25) is 28.7 Å². The molecule has 36 heavy (non-hydrogen) atoms. The minimum absolute atomic E-state index is 0.138. The predicted molar refractivity (Wildman–Crippen MR) is 142 cm³/mol. The summed E-state index contributed by atoms with van der Waals surface area (Å²) < 4.78 is 5.85. The van der Waals surface area contributed by atoms with E-state index in [1.54, 1.807) is 42.5 Å². The first-order valence-electron chi connectivity index (χ1n) is 10.5. The highest BCUT2D eigenvalue weighted by Gasteiger charge is 2.13. The molecule has 0 aliphatic heterocycles. The van der Waals surface area contributed by atoms with Gasteiger partial charge in [-0.1, -0.05) is 63.1 Å². The first-order chi connectivity index (χ1) is 17.4. The summed E-state index contributed by atoms with van der Waals surface area (Å²) in [7, 11) is 0. The molecule has 2 amide bonds. The van der Waals surface area contributed by atoms with E-state index in [0.29, 0.717) is 47.7 Å². The minimum Gasteiger partial charge on any atom is -0.339 e. The maximum atomic E-state index is 12.3. The number of hydrogen-bond donors (Lipinski definition) is 2. The van der Waals surface area contributed by atoms with Crippen LogP contribution in [0.25, 0.3) is 11.4 Å². The van der Waals surface area contributed by atoms with Gasteiger partial charge in [-0.25, -0.2) is 0 Å². The van der Waals surface area contributed by atoms with Crippen LogP contribution in [0.3, 0.4) is 0 Å². The molecule has 0 radical (unpaired) electrons. The van der Waals surface area contributed by atoms with Gasteiger partial charge in [0.1, 0.15) is 0 Å². The molecular weight excluding hydrogens is 567 g/mol. The third-order valence-electron chi connectivity index (χ3n) is 4.55. The minimum atomic E-state index is -0.255. The number of hydrogen-bond acceptors (Lipinski definition) is 9. The van der Waals surface area contributed by atoms with Gasteiger partial charge in [0.15, 0.2) is 4.34 Å². The molecule has 4 rings (SSSR count). The quantitative estimate of drug-likeness (QED) is 0.166. The Morgan fingerprint density at radius 3 is 2.50 bits per heavy atom. The van der Waals surface area contributed by atoms with Crippen LogP contribution in [0.4, 0.5) is 10.8 Å². The lowest BCUT2D eigenvalue weighted by atomic mass is 10.2. The van der Waals surface area contributed by atoms with Crippen molar-refractivity contribution >= 4 is 80.5 Å². The highest BCUT2D eigenvalue weighted by atomic mass is 35.5. The fraction of sp³-hybridized carbons (Fsp3) is 0.182. The number of benzene rings is 2. The smallest absolute Gasteiger partial charge is 0.227 e. The average molecular weight is 584 g/mol. The molecule has 0 saturated carbocycles. The lowest BCUT2D eigenvalue weighted by molar-refractivity contribution is -0.116. The Hall–Kier alpha value is -2.70. The predicted octanol–water partition coefficient (Wildman–Crippen LogP) is 6.24. The highest BCUT2D eigenvalue weighted by Crippen LogP contribution is 2.27. The molecule has 0 aliphatic carbocycles. The molecule has 9 nitrogen and oxygen atoms in total. The first kappa shape index (κ1) is 26.4. The van der Waals surface area contributed by atoms with Crippen molar-refractivity contribution in [3.63, 3.8) is 0 Å². The zero-order chi connectivity index (χ0) is 25.5.